The molecule has 1 aliphatic rings. The van der Waals surface area contributed by atoms with Crippen LogP contribution >= 0.6 is 0 Å². The minimum absolute atomic E-state index is 0.206. The van der Waals surface area contributed by atoms with Crippen LogP contribution in [0.5, 0.6) is 5.75 Å². The van der Waals surface area contributed by atoms with Crippen LogP contribution in [-0.2, 0) is 4.74 Å². The van der Waals surface area contributed by atoms with Crippen molar-refractivity contribution in [3.8, 4) is 5.75 Å². The van der Waals surface area contributed by atoms with Gasteiger partial charge in [-0.15, -0.1) is 0 Å². The van der Waals surface area contributed by atoms with Crippen molar-refractivity contribution in [2.24, 2.45) is 0 Å². The Morgan fingerprint density at radius 1 is 1.30 bits per heavy atom. The van der Waals surface area contributed by atoms with Crippen LogP contribution in [0.4, 0.5) is 0 Å². The Labute approximate surface area is 121 Å². The molecule has 0 saturated carbocycles. The van der Waals surface area contributed by atoms with Gasteiger partial charge in [0.2, 0.25) is 0 Å². The van der Waals surface area contributed by atoms with Crippen LogP contribution in [0.15, 0.2) is 24.3 Å². The summed E-state index contributed by atoms with van der Waals surface area (Å²) in [7, 11) is 0. The molecule has 1 aromatic carbocycles. The Balaban J connectivity index is 1.86. The van der Waals surface area contributed by atoms with Gasteiger partial charge in [-0.05, 0) is 31.5 Å². The molecule has 0 spiro atoms. The lowest BCUT2D eigenvalue weighted by Crippen LogP contribution is -2.45. The van der Waals surface area contributed by atoms with Crippen molar-refractivity contribution in [1.82, 2.24) is 5.32 Å². The summed E-state index contributed by atoms with van der Waals surface area (Å²) in [6.07, 6.45) is 1.41. The molecule has 2 rings (SSSR count). The van der Waals surface area contributed by atoms with Gasteiger partial charge in [0.25, 0.3) is 0 Å². The molecular formula is C16H25NO3. The number of nitrogens with one attached hydrogen (secondary N) is 1. The zero-order valence-corrected chi connectivity index (χ0v) is 12.4. The highest BCUT2D eigenvalue weighted by atomic mass is 16.5. The number of rotatable bonds is 6. The van der Waals surface area contributed by atoms with Gasteiger partial charge in [0, 0.05) is 38.6 Å². The zero-order chi connectivity index (χ0) is 14.4. The lowest BCUT2D eigenvalue weighted by atomic mass is 9.94. The normalized spacial score (nSPS) is 19.6. The fourth-order valence-corrected chi connectivity index (χ4v) is 2.41. The van der Waals surface area contributed by atoms with Crippen LogP contribution in [0.1, 0.15) is 38.3 Å². The van der Waals surface area contributed by atoms with E-state index in [1.165, 1.54) is 5.56 Å². The Hall–Kier alpha value is -1.10. The predicted molar refractivity (Wildman–Crippen MR) is 79.0 cm³/mol. The van der Waals surface area contributed by atoms with Crippen molar-refractivity contribution in [1.29, 1.82) is 0 Å². The molecule has 4 nitrogen and oxygen atoms in total. The van der Waals surface area contributed by atoms with Gasteiger partial charge in [0.15, 0.2) is 0 Å². The SMILES string of the molecule is CCOc1ccc(C(C)NCC2(O)CCOCC2)cc1. The summed E-state index contributed by atoms with van der Waals surface area (Å²) in [5.41, 5.74) is 0.571. The highest BCUT2D eigenvalue weighted by molar-refractivity contribution is 5.28. The van der Waals surface area contributed by atoms with Gasteiger partial charge in [0.05, 0.1) is 12.2 Å². The number of benzene rings is 1. The van der Waals surface area contributed by atoms with E-state index in [2.05, 4.69) is 24.4 Å². The third-order valence-corrected chi connectivity index (χ3v) is 3.85. The molecule has 1 saturated heterocycles. The van der Waals surface area contributed by atoms with E-state index < -0.39 is 5.60 Å². The average molecular weight is 279 g/mol. The van der Waals surface area contributed by atoms with Gasteiger partial charge >= 0.3 is 0 Å². The zero-order valence-electron chi connectivity index (χ0n) is 12.4. The first-order chi connectivity index (χ1) is 9.63. The summed E-state index contributed by atoms with van der Waals surface area (Å²) in [5.74, 6) is 0.895. The molecule has 1 heterocycles. The topological polar surface area (TPSA) is 50.7 Å². The second kappa shape index (κ2) is 7.07. The molecule has 0 aromatic heterocycles. The third-order valence-electron chi connectivity index (χ3n) is 3.85. The second-order valence-electron chi connectivity index (χ2n) is 5.44. The fourth-order valence-electron chi connectivity index (χ4n) is 2.41. The minimum atomic E-state index is -0.627. The Morgan fingerprint density at radius 2 is 1.95 bits per heavy atom. The average Bonchev–Trinajstić information content (AvgIpc) is 2.47. The molecular weight excluding hydrogens is 254 g/mol. The number of hydrogen-bond acceptors (Lipinski definition) is 4. The maximum Gasteiger partial charge on any atom is 0.119 e. The molecule has 0 aliphatic carbocycles. The van der Waals surface area contributed by atoms with Gasteiger partial charge in [-0.3, -0.25) is 0 Å². The van der Waals surface area contributed by atoms with Crippen molar-refractivity contribution in [3.05, 3.63) is 29.8 Å². The first-order valence-electron chi connectivity index (χ1n) is 7.39. The Bertz CT molecular complexity index is 399. The molecule has 0 radical (unpaired) electrons. The maximum absolute atomic E-state index is 10.4. The molecule has 0 bridgehead atoms. The predicted octanol–water partition coefficient (Wildman–Crippen LogP) is 2.28. The number of ether oxygens (including phenoxy) is 2. The van der Waals surface area contributed by atoms with E-state index in [9.17, 15) is 5.11 Å². The molecule has 2 N–H and O–H groups in total. The first-order valence-corrected chi connectivity index (χ1v) is 7.39. The highest BCUT2D eigenvalue weighted by Crippen LogP contribution is 2.22. The Kier molecular flexibility index (Phi) is 5.40. The van der Waals surface area contributed by atoms with Crippen LogP contribution in [0.2, 0.25) is 0 Å². The van der Waals surface area contributed by atoms with E-state index in [1.54, 1.807) is 0 Å². The third kappa shape index (κ3) is 4.20. The minimum Gasteiger partial charge on any atom is -0.494 e. The summed E-state index contributed by atoms with van der Waals surface area (Å²) in [5, 5.41) is 13.8. The summed E-state index contributed by atoms with van der Waals surface area (Å²) in [4.78, 5) is 0. The highest BCUT2D eigenvalue weighted by Gasteiger charge is 2.29. The summed E-state index contributed by atoms with van der Waals surface area (Å²) < 4.78 is 10.7. The van der Waals surface area contributed by atoms with Crippen LogP contribution in [-0.4, -0.2) is 37.1 Å². The van der Waals surface area contributed by atoms with Crippen molar-refractivity contribution >= 4 is 0 Å². The van der Waals surface area contributed by atoms with Crippen molar-refractivity contribution in [2.45, 2.75) is 38.3 Å². The second-order valence-corrected chi connectivity index (χ2v) is 5.44. The maximum atomic E-state index is 10.4. The summed E-state index contributed by atoms with van der Waals surface area (Å²) >= 11 is 0. The first kappa shape index (κ1) is 15.3. The van der Waals surface area contributed by atoms with E-state index in [0.717, 1.165) is 5.75 Å². The van der Waals surface area contributed by atoms with Gasteiger partial charge in [-0.2, -0.15) is 0 Å². The van der Waals surface area contributed by atoms with Crippen molar-refractivity contribution in [3.63, 3.8) is 0 Å². The molecule has 112 valence electrons. The number of hydrogen-bond donors (Lipinski definition) is 2. The van der Waals surface area contributed by atoms with Gasteiger partial charge in [-0.25, -0.2) is 0 Å². The largest absolute Gasteiger partial charge is 0.494 e. The molecule has 4 heteroatoms. The van der Waals surface area contributed by atoms with E-state index in [-0.39, 0.29) is 6.04 Å². The van der Waals surface area contributed by atoms with Gasteiger partial charge in [0.1, 0.15) is 5.75 Å². The molecule has 1 unspecified atom stereocenters. The molecule has 1 aliphatic heterocycles. The monoisotopic (exact) mass is 279 g/mol. The molecule has 1 atom stereocenters. The van der Waals surface area contributed by atoms with E-state index >= 15 is 0 Å². The summed E-state index contributed by atoms with van der Waals surface area (Å²) in [6.45, 7) is 6.67. The fraction of sp³-hybridized carbons (Fsp3) is 0.625. The molecule has 20 heavy (non-hydrogen) atoms. The van der Waals surface area contributed by atoms with E-state index in [1.807, 2.05) is 19.1 Å². The molecule has 1 fully saturated rings. The smallest absolute Gasteiger partial charge is 0.119 e. The van der Waals surface area contributed by atoms with Crippen LogP contribution in [0.25, 0.3) is 0 Å². The quantitative estimate of drug-likeness (QED) is 0.839. The van der Waals surface area contributed by atoms with Crippen molar-refractivity contribution in [2.75, 3.05) is 26.4 Å². The lowest BCUT2D eigenvalue weighted by Gasteiger charge is -2.33. The van der Waals surface area contributed by atoms with E-state index in [4.69, 9.17) is 9.47 Å². The van der Waals surface area contributed by atoms with Crippen LogP contribution in [0.3, 0.4) is 0 Å². The van der Waals surface area contributed by atoms with Crippen LogP contribution in [0, 0.1) is 0 Å². The molecule has 0 amide bonds. The Morgan fingerprint density at radius 3 is 2.55 bits per heavy atom. The standard InChI is InChI=1S/C16H25NO3/c1-3-20-15-6-4-14(5-7-15)13(2)17-12-16(18)8-10-19-11-9-16/h4-7,13,17-18H,3,8-12H2,1-2H3. The van der Waals surface area contributed by atoms with Gasteiger partial charge in [-0.1, -0.05) is 12.1 Å². The lowest BCUT2D eigenvalue weighted by molar-refractivity contribution is -0.0626. The van der Waals surface area contributed by atoms with Crippen molar-refractivity contribution < 1.29 is 14.6 Å². The van der Waals surface area contributed by atoms with Gasteiger partial charge < -0.3 is 19.9 Å². The van der Waals surface area contributed by atoms with Crippen LogP contribution < -0.4 is 10.1 Å². The van der Waals surface area contributed by atoms with E-state index in [0.29, 0.717) is 39.2 Å². The molecule has 1 aromatic rings. The summed E-state index contributed by atoms with van der Waals surface area (Å²) in [6, 6.07) is 8.31. The number of aliphatic hydroxyl groups is 1.